The van der Waals surface area contributed by atoms with Crippen molar-refractivity contribution in [2.75, 3.05) is 0 Å². The summed E-state index contributed by atoms with van der Waals surface area (Å²) in [7, 11) is 0. The predicted octanol–water partition coefficient (Wildman–Crippen LogP) is 11.4. The molecule has 4 aromatic heterocycles. The molecule has 0 saturated carbocycles. The Morgan fingerprint density at radius 2 is 1.06 bits per heavy atom. The average molecular weight is 627 g/mol. The van der Waals surface area contributed by atoms with Gasteiger partial charge in [-0.3, -0.25) is 4.57 Å². The minimum absolute atomic E-state index is 0.623. The predicted molar refractivity (Wildman–Crippen MR) is 201 cm³/mol. The fourth-order valence-electron chi connectivity index (χ4n) is 7.83. The highest BCUT2D eigenvalue weighted by atomic mass is 16.3. The van der Waals surface area contributed by atoms with Gasteiger partial charge in [0.15, 0.2) is 0 Å². The van der Waals surface area contributed by atoms with E-state index in [-0.39, 0.29) is 0 Å². The molecule has 0 aliphatic heterocycles. The van der Waals surface area contributed by atoms with Crippen LogP contribution in [-0.4, -0.2) is 19.1 Å². The SMILES string of the molecule is c1cc(-c2nc(-n3c4ccccc4c4c5oc6ccccc6c5ccc43)nc3ccccc23)cc(-n2c3ccccc3c3ccccc32)c1. The summed E-state index contributed by atoms with van der Waals surface area (Å²) in [4.78, 5) is 10.6. The Morgan fingerprint density at radius 1 is 0.429 bits per heavy atom. The van der Waals surface area contributed by atoms with Crippen molar-refractivity contribution in [3.8, 4) is 22.9 Å². The Bertz CT molecular complexity index is 3070. The molecule has 0 amide bonds. The monoisotopic (exact) mass is 626 g/mol. The highest BCUT2D eigenvalue weighted by molar-refractivity contribution is 6.23. The fourth-order valence-corrected chi connectivity index (χ4v) is 7.83. The second-order valence-electron chi connectivity index (χ2n) is 12.6. The van der Waals surface area contributed by atoms with Crippen molar-refractivity contribution in [2.45, 2.75) is 0 Å². The zero-order valence-electron chi connectivity index (χ0n) is 26.2. The quantitative estimate of drug-likeness (QED) is 0.196. The Morgan fingerprint density at radius 3 is 1.84 bits per heavy atom. The maximum atomic E-state index is 6.54. The third kappa shape index (κ3) is 3.70. The molecule has 228 valence electrons. The van der Waals surface area contributed by atoms with Crippen molar-refractivity contribution in [3.63, 3.8) is 0 Å². The van der Waals surface area contributed by atoms with Crippen LogP contribution in [0.2, 0.25) is 0 Å². The van der Waals surface area contributed by atoms with Crippen LogP contribution in [0.5, 0.6) is 0 Å². The summed E-state index contributed by atoms with van der Waals surface area (Å²) in [5.74, 6) is 0.623. The molecule has 7 aromatic carbocycles. The lowest BCUT2D eigenvalue weighted by Crippen LogP contribution is -2.03. The van der Waals surface area contributed by atoms with Crippen LogP contribution in [0, 0.1) is 0 Å². The van der Waals surface area contributed by atoms with E-state index in [4.69, 9.17) is 14.4 Å². The average Bonchev–Trinajstić information content (AvgIpc) is 3.82. The summed E-state index contributed by atoms with van der Waals surface area (Å²) >= 11 is 0. The van der Waals surface area contributed by atoms with Crippen LogP contribution in [0.3, 0.4) is 0 Å². The van der Waals surface area contributed by atoms with Gasteiger partial charge in [0.1, 0.15) is 11.2 Å². The van der Waals surface area contributed by atoms with Crippen molar-refractivity contribution in [2.24, 2.45) is 0 Å². The number of hydrogen-bond donors (Lipinski definition) is 0. The fraction of sp³-hybridized carbons (Fsp3) is 0. The van der Waals surface area contributed by atoms with Crippen LogP contribution in [0.4, 0.5) is 0 Å². The van der Waals surface area contributed by atoms with Crippen LogP contribution in [-0.2, 0) is 0 Å². The van der Waals surface area contributed by atoms with Crippen molar-refractivity contribution in [1.82, 2.24) is 19.1 Å². The summed E-state index contributed by atoms with van der Waals surface area (Å²) in [5.41, 5.74) is 10.1. The molecule has 0 aliphatic rings. The lowest BCUT2D eigenvalue weighted by atomic mass is 10.1. The normalized spacial score (nSPS) is 12.1. The molecule has 0 N–H and O–H groups in total. The first-order chi connectivity index (χ1) is 24.3. The zero-order chi connectivity index (χ0) is 32.1. The van der Waals surface area contributed by atoms with Gasteiger partial charge in [-0.25, -0.2) is 9.97 Å². The van der Waals surface area contributed by atoms with E-state index in [9.17, 15) is 0 Å². The third-order valence-electron chi connectivity index (χ3n) is 9.93. The number of rotatable bonds is 3. The summed E-state index contributed by atoms with van der Waals surface area (Å²) < 4.78 is 11.1. The number of aromatic nitrogens is 4. The molecule has 0 unspecified atom stereocenters. The number of benzene rings is 7. The summed E-state index contributed by atoms with van der Waals surface area (Å²) in [6, 6.07) is 55.3. The van der Waals surface area contributed by atoms with Crippen molar-refractivity contribution in [3.05, 3.63) is 158 Å². The molecule has 49 heavy (non-hydrogen) atoms. The van der Waals surface area contributed by atoms with Crippen molar-refractivity contribution < 1.29 is 4.42 Å². The van der Waals surface area contributed by atoms with Gasteiger partial charge in [0.2, 0.25) is 5.95 Å². The molecule has 11 aromatic rings. The van der Waals surface area contributed by atoms with E-state index in [1.807, 2.05) is 18.2 Å². The maximum Gasteiger partial charge on any atom is 0.235 e. The molecule has 5 heteroatoms. The number of nitrogens with zero attached hydrogens (tertiary/aromatic N) is 4. The third-order valence-corrected chi connectivity index (χ3v) is 9.93. The van der Waals surface area contributed by atoms with Gasteiger partial charge in [0, 0.05) is 43.6 Å². The topological polar surface area (TPSA) is 48.8 Å². The van der Waals surface area contributed by atoms with Gasteiger partial charge in [0.25, 0.3) is 0 Å². The molecule has 11 rings (SSSR count). The molecule has 5 nitrogen and oxygen atoms in total. The van der Waals surface area contributed by atoms with E-state index >= 15 is 0 Å². The smallest absolute Gasteiger partial charge is 0.235 e. The zero-order valence-corrected chi connectivity index (χ0v) is 26.2. The van der Waals surface area contributed by atoms with Gasteiger partial charge in [-0.1, -0.05) is 103 Å². The molecule has 0 aliphatic carbocycles. The Kier molecular flexibility index (Phi) is 5.32. The number of fused-ring (bicyclic) bond motifs is 11. The van der Waals surface area contributed by atoms with Gasteiger partial charge in [-0.15, -0.1) is 0 Å². The molecule has 0 saturated heterocycles. The molecule has 0 bridgehead atoms. The molecule has 0 spiro atoms. The summed E-state index contributed by atoms with van der Waals surface area (Å²) in [6.07, 6.45) is 0. The van der Waals surface area contributed by atoms with Crippen LogP contribution in [0.15, 0.2) is 162 Å². The van der Waals surface area contributed by atoms with Gasteiger partial charge in [-0.05, 0) is 54.6 Å². The molecular formula is C44H26N4O. The van der Waals surface area contributed by atoms with E-state index in [1.54, 1.807) is 0 Å². The molecule has 4 heterocycles. The molecule has 0 fully saturated rings. The standard InChI is InChI=1S/C44H26N4O/c1-6-19-35-33(17-1)42(27-12-11-13-28(26-27)47-36-20-7-2-14-29(36)30-15-3-8-21-37(30)47)46-44(45-35)48-38-22-9-4-18-34(38)41-39(48)25-24-32-31-16-5-10-23-40(31)49-43(32)41/h1-26H. The molecular weight excluding hydrogens is 601 g/mol. The highest BCUT2D eigenvalue weighted by Gasteiger charge is 2.21. The number of furan rings is 1. The highest BCUT2D eigenvalue weighted by Crippen LogP contribution is 2.41. The van der Waals surface area contributed by atoms with E-state index in [0.29, 0.717) is 5.95 Å². The van der Waals surface area contributed by atoms with Crippen LogP contribution >= 0.6 is 0 Å². The molecule has 0 atom stereocenters. The van der Waals surface area contributed by atoms with Gasteiger partial charge in [0.05, 0.1) is 38.7 Å². The van der Waals surface area contributed by atoms with Crippen LogP contribution < -0.4 is 0 Å². The maximum absolute atomic E-state index is 6.54. The van der Waals surface area contributed by atoms with E-state index in [1.165, 1.54) is 21.8 Å². The number of hydrogen-bond acceptors (Lipinski definition) is 3. The summed E-state index contributed by atoms with van der Waals surface area (Å²) in [5, 5.41) is 7.87. The first kappa shape index (κ1) is 26.4. The van der Waals surface area contributed by atoms with E-state index in [2.05, 4.69) is 149 Å². The second kappa shape index (κ2) is 9.89. The van der Waals surface area contributed by atoms with Gasteiger partial charge < -0.3 is 8.98 Å². The van der Waals surface area contributed by atoms with Crippen LogP contribution in [0.1, 0.15) is 0 Å². The first-order valence-corrected chi connectivity index (χ1v) is 16.5. The summed E-state index contributed by atoms with van der Waals surface area (Å²) in [6.45, 7) is 0. The van der Waals surface area contributed by atoms with E-state index < -0.39 is 0 Å². The first-order valence-electron chi connectivity index (χ1n) is 16.5. The Hall–Kier alpha value is -6.72. The Balaban J connectivity index is 1.19. The lowest BCUT2D eigenvalue weighted by molar-refractivity contribution is 0.673. The Labute approximate surface area is 279 Å². The largest absolute Gasteiger partial charge is 0.455 e. The molecule has 0 radical (unpaired) electrons. The van der Waals surface area contributed by atoms with Crippen LogP contribution in [0.25, 0.3) is 99.3 Å². The minimum Gasteiger partial charge on any atom is -0.455 e. The minimum atomic E-state index is 0.623. The lowest BCUT2D eigenvalue weighted by Gasteiger charge is -2.13. The van der Waals surface area contributed by atoms with E-state index in [0.717, 1.165) is 71.6 Å². The number of para-hydroxylation sites is 5. The van der Waals surface area contributed by atoms with Crippen molar-refractivity contribution in [1.29, 1.82) is 0 Å². The van der Waals surface area contributed by atoms with Gasteiger partial charge in [-0.2, -0.15) is 0 Å². The van der Waals surface area contributed by atoms with Crippen molar-refractivity contribution >= 4 is 76.5 Å². The second-order valence-corrected chi connectivity index (χ2v) is 12.6. The van der Waals surface area contributed by atoms with Gasteiger partial charge >= 0.3 is 0 Å².